The Morgan fingerprint density at radius 1 is 1.10 bits per heavy atom. The highest BCUT2D eigenvalue weighted by atomic mass is 32.2. The van der Waals surface area contributed by atoms with Crippen LogP contribution in [-0.4, -0.2) is 36.7 Å². The van der Waals surface area contributed by atoms with Crippen molar-refractivity contribution in [2.75, 3.05) is 18.9 Å². The van der Waals surface area contributed by atoms with Gasteiger partial charge in [0.15, 0.2) is 0 Å². The molecule has 0 radical (unpaired) electrons. The van der Waals surface area contributed by atoms with Gasteiger partial charge in [-0.05, 0) is 24.3 Å². The van der Waals surface area contributed by atoms with Gasteiger partial charge in [-0.2, -0.15) is 4.31 Å². The molecule has 0 bridgehead atoms. The van der Waals surface area contributed by atoms with E-state index in [1.54, 1.807) is 0 Å². The lowest BCUT2D eigenvalue weighted by atomic mass is 9.91. The van der Waals surface area contributed by atoms with Gasteiger partial charge in [0.25, 0.3) is 0 Å². The van der Waals surface area contributed by atoms with Crippen LogP contribution in [0.5, 0.6) is 0 Å². The summed E-state index contributed by atoms with van der Waals surface area (Å²) in [5.74, 6) is 0.500. The van der Waals surface area contributed by atoms with Crippen molar-refractivity contribution in [1.82, 2.24) is 4.31 Å². The second kappa shape index (κ2) is 7.92. The van der Waals surface area contributed by atoms with Crippen LogP contribution in [0.1, 0.15) is 37.7 Å². The molecule has 1 aliphatic carbocycles. The second-order valence-electron chi connectivity index (χ2n) is 5.83. The van der Waals surface area contributed by atoms with E-state index in [4.69, 9.17) is 0 Å². The Kier molecular flexibility index (Phi) is 6.21. The zero-order chi connectivity index (χ0) is 15.1. The molecule has 0 aliphatic heterocycles. The summed E-state index contributed by atoms with van der Waals surface area (Å²) in [7, 11) is -3.31. The molecule has 118 valence electrons. The highest BCUT2D eigenvalue weighted by Gasteiger charge is 2.27. The zero-order valence-corrected chi connectivity index (χ0v) is 13.3. The molecular weight excluding hydrogens is 286 g/mol. The first-order chi connectivity index (χ1) is 10.1. The number of benzene rings is 1. The Morgan fingerprint density at radius 3 is 2.38 bits per heavy atom. The van der Waals surface area contributed by atoms with E-state index < -0.39 is 10.0 Å². The third-order valence-electron chi connectivity index (χ3n) is 4.12. The maximum atomic E-state index is 12.6. The molecule has 1 saturated carbocycles. The van der Waals surface area contributed by atoms with Crippen molar-refractivity contribution in [3.05, 3.63) is 35.9 Å². The Bertz CT molecular complexity index is 510. The van der Waals surface area contributed by atoms with Crippen LogP contribution in [0.2, 0.25) is 0 Å². The maximum Gasteiger partial charge on any atom is 0.214 e. The smallest absolute Gasteiger partial charge is 0.214 e. The molecule has 0 aromatic heterocycles. The van der Waals surface area contributed by atoms with Crippen molar-refractivity contribution in [2.24, 2.45) is 5.92 Å². The quantitative estimate of drug-likeness (QED) is 0.841. The monoisotopic (exact) mass is 311 g/mol. The van der Waals surface area contributed by atoms with Crippen molar-refractivity contribution < 1.29 is 13.5 Å². The number of nitrogens with zero attached hydrogens (tertiary/aromatic N) is 1. The molecule has 0 unspecified atom stereocenters. The molecule has 1 fully saturated rings. The normalized spacial score (nSPS) is 17.2. The van der Waals surface area contributed by atoms with E-state index in [-0.39, 0.29) is 24.8 Å². The van der Waals surface area contributed by atoms with Crippen LogP contribution in [0.4, 0.5) is 0 Å². The van der Waals surface area contributed by atoms with Gasteiger partial charge in [0.05, 0.1) is 12.4 Å². The van der Waals surface area contributed by atoms with Gasteiger partial charge >= 0.3 is 0 Å². The molecule has 4 nitrogen and oxygen atoms in total. The van der Waals surface area contributed by atoms with Gasteiger partial charge in [0.2, 0.25) is 10.0 Å². The second-order valence-corrected chi connectivity index (χ2v) is 7.84. The first-order valence-electron chi connectivity index (χ1n) is 7.74. The Hall–Kier alpha value is -0.910. The molecule has 1 N–H and O–H groups in total. The van der Waals surface area contributed by atoms with Crippen LogP contribution in [0.25, 0.3) is 0 Å². The van der Waals surface area contributed by atoms with E-state index in [0.29, 0.717) is 6.54 Å². The van der Waals surface area contributed by atoms with Crippen LogP contribution in [-0.2, 0) is 16.6 Å². The molecule has 0 amide bonds. The molecule has 0 saturated heterocycles. The molecule has 0 atom stereocenters. The van der Waals surface area contributed by atoms with Crippen LogP contribution in [0.15, 0.2) is 30.3 Å². The van der Waals surface area contributed by atoms with Gasteiger partial charge < -0.3 is 5.11 Å². The zero-order valence-electron chi connectivity index (χ0n) is 12.4. The van der Waals surface area contributed by atoms with Gasteiger partial charge in [-0.1, -0.05) is 49.6 Å². The van der Waals surface area contributed by atoms with Gasteiger partial charge in [0.1, 0.15) is 0 Å². The van der Waals surface area contributed by atoms with E-state index in [1.807, 2.05) is 30.3 Å². The topological polar surface area (TPSA) is 57.6 Å². The predicted molar refractivity (Wildman–Crippen MR) is 84.3 cm³/mol. The Morgan fingerprint density at radius 2 is 1.76 bits per heavy atom. The van der Waals surface area contributed by atoms with Gasteiger partial charge in [-0.15, -0.1) is 0 Å². The fourth-order valence-corrected chi connectivity index (χ4v) is 4.82. The van der Waals surface area contributed by atoms with E-state index in [0.717, 1.165) is 31.2 Å². The minimum Gasteiger partial charge on any atom is -0.395 e. The van der Waals surface area contributed by atoms with Crippen LogP contribution in [0.3, 0.4) is 0 Å². The predicted octanol–water partition coefficient (Wildman–Crippen LogP) is 2.39. The van der Waals surface area contributed by atoms with Gasteiger partial charge in [-0.3, -0.25) is 0 Å². The number of sulfonamides is 1. The molecule has 0 heterocycles. The molecule has 1 aliphatic rings. The fourth-order valence-electron chi connectivity index (χ4n) is 2.97. The summed E-state index contributed by atoms with van der Waals surface area (Å²) in [6.07, 6.45) is 5.52. The van der Waals surface area contributed by atoms with Crippen molar-refractivity contribution >= 4 is 10.0 Å². The van der Waals surface area contributed by atoms with Gasteiger partial charge in [-0.25, -0.2) is 8.42 Å². The molecular formula is C16H25NO3S. The summed E-state index contributed by atoms with van der Waals surface area (Å²) >= 11 is 0. The number of hydrogen-bond donors (Lipinski definition) is 1. The summed E-state index contributed by atoms with van der Waals surface area (Å²) in [5.41, 5.74) is 0.957. The van der Waals surface area contributed by atoms with Crippen molar-refractivity contribution in [3.8, 4) is 0 Å². The highest BCUT2D eigenvalue weighted by molar-refractivity contribution is 7.89. The highest BCUT2D eigenvalue weighted by Crippen LogP contribution is 2.26. The third kappa shape index (κ3) is 5.09. The lowest BCUT2D eigenvalue weighted by molar-refractivity contribution is 0.249. The van der Waals surface area contributed by atoms with Gasteiger partial charge in [0, 0.05) is 13.1 Å². The first kappa shape index (κ1) is 16.5. The first-order valence-corrected chi connectivity index (χ1v) is 9.35. The largest absolute Gasteiger partial charge is 0.395 e. The van der Waals surface area contributed by atoms with Crippen LogP contribution in [0, 0.1) is 5.92 Å². The fraction of sp³-hybridized carbons (Fsp3) is 0.625. The number of rotatable bonds is 7. The minimum atomic E-state index is -3.31. The molecule has 2 rings (SSSR count). The lowest BCUT2D eigenvalue weighted by Gasteiger charge is -2.26. The Balaban J connectivity index is 2.04. The Labute approximate surface area is 127 Å². The third-order valence-corrected chi connectivity index (χ3v) is 6.11. The van der Waals surface area contributed by atoms with E-state index in [1.165, 1.54) is 10.7 Å². The summed E-state index contributed by atoms with van der Waals surface area (Å²) in [6, 6.07) is 9.55. The number of aliphatic hydroxyl groups is 1. The molecule has 5 heteroatoms. The summed E-state index contributed by atoms with van der Waals surface area (Å²) < 4.78 is 26.6. The van der Waals surface area contributed by atoms with E-state index in [2.05, 4.69) is 0 Å². The van der Waals surface area contributed by atoms with Crippen LogP contribution >= 0.6 is 0 Å². The van der Waals surface area contributed by atoms with Crippen molar-refractivity contribution in [1.29, 1.82) is 0 Å². The molecule has 1 aromatic rings. The molecule has 0 spiro atoms. The molecule has 21 heavy (non-hydrogen) atoms. The van der Waals surface area contributed by atoms with Crippen molar-refractivity contribution in [2.45, 2.75) is 38.6 Å². The summed E-state index contributed by atoms with van der Waals surface area (Å²) in [5, 5.41) is 9.18. The summed E-state index contributed by atoms with van der Waals surface area (Å²) in [6.45, 7) is 0.372. The average Bonchev–Trinajstić information content (AvgIpc) is 2.48. The number of aliphatic hydroxyl groups excluding tert-OH is 1. The standard InChI is InChI=1S/C16H25NO3S/c18-12-11-17(13-15-7-3-1-4-8-15)21(19,20)14-16-9-5-2-6-10-16/h1,3-4,7-8,16,18H,2,5-6,9-14H2. The lowest BCUT2D eigenvalue weighted by Crippen LogP contribution is -2.37. The van der Waals surface area contributed by atoms with Crippen molar-refractivity contribution in [3.63, 3.8) is 0 Å². The SMILES string of the molecule is O=S(=O)(CC1CCCCC1)N(CCO)Cc1ccccc1. The maximum absolute atomic E-state index is 12.6. The summed E-state index contributed by atoms with van der Waals surface area (Å²) in [4.78, 5) is 0. The van der Waals surface area contributed by atoms with E-state index in [9.17, 15) is 13.5 Å². The molecule has 1 aromatic carbocycles. The van der Waals surface area contributed by atoms with E-state index >= 15 is 0 Å². The van der Waals surface area contributed by atoms with Crippen LogP contribution < -0.4 is 0 Å². The average molecular weight is 311 g/mol. The number of hydrogen-bond acceptors (Lipinski definition) is 3. The minimum absolute atomic E-state index is 0.142.